The van der Waals surface area contributed by atoms with Gasteiger partial charge in [0, 0.05) is 6.61 Å². The molecule has 0 saturated carbocycles. The maximum Gasteiger partial charge on any atom is 0.396 e. The molecule has 0 aromatic heterocycles. The van der Waals surface area contributed by atoms with Gasteiger partial charge in [-0.25, -0.2) is 4.79 Å². The van der Waals surface area contributed by atoms with Gasteiger partial charge in [-0.15, -0.1) is 0 Å². The van der Waals surface area contributed by atoms with Gasteiger partial charge in [-0.1, -0.05) is 0 Å². The summed E-state index contributed by atoms with van der Waals surface area (Å²) < 4.78 is 9.70. The molecule has 5 nitrogen and oxygen atoms in total. The van der Waals surface area contributed by atoms with Crippen molar-refractivity contribution in [3.63, 3.8) is 0 Å². The number of nitrogens with one attached hydrogen (secondary N) is 1. The zero-order valence-corrected chi connectivity index (χ0v) is 8.46. The van der Waals surface area contributed by atoms with E-state index in [-0.39, 0.29) is 6.61 Å². The van der Waals surface area contributed by atoms with Crippen molar-refractivity contribution in [2.24, 2.45) is 0 Å². The van der Waals surface area contributed by atoms with E-state index in [1.54, 1.807) is 6.92 Å². The topological polar surface area (TPSA) is 64.6 Å². The summed E-state index contributed by atoms with van der Waals surface area (Å²) in [6.45, 7) is 4.76. The van der Waals surface area contributed by atoms with Crippen LogP contribution in [0.25, 0.3) is 0 Å². The maximum atomic E-state index is 11.3. The Morgan fingerprint density at radius 1 is 1.57 bits per heavy atom. The fourth-order valence-electron chi connectivity index (χ4n) is 1.29. The smallest absolute Gasteiger partial charge is 0.396 e. The zero-order valence-electron chi connectivity index (χ0n) is 8.46. The first kappa shape index (κ1) is 11.0. The summed E-state index contributed by atoms with van der Waals surface area (Å²) in [5, 5.41) is 2.60. The minimum atomic E-state index is -0.833. The number of ether oxygens (including phenoxy) is 2. The summed E-state index contributed by atoms with van der Waals surface area (Å²) in [4.78, 5) is 22.3. The highest BCUT2D eigenvalue weighted by atomic mass is 16.5. The second-order valence-corrected chi connectivity index (χ2v) is 3.54. The van der Waals surface area contributed by atoms with Crippen molar-refractivity contribution in [3.8, 4) is 0 Å². The molecule has 14 heavy (non-hydrogen) atoms. The molecule has 1 aliphatic heterocycles. The summed E-state index contributed by atoms with van der Waals surface area (Å²) in [5.41, 5.74) is -0.427. The Kier molecular flexibility index (Phi) is 3.46. The summed E-state index contributed by atoms with van der Waals surface area (Å²) in [6.07, 6.45) is 0.720. The molecule has 1 N–H and O–H groups in total. The van der Waals surface area contributed by atoms with Crippen LogP contribution >= 0.6 is 0 Å². The molecule has 1 amide bonds. The fourth-order valence-corrected chi connectivity index (χ4v) is 1.29. The highest BCUT2D eigenvalue weighted by Crippen LogP contribution is 2.17. The Bertz CT molecular complexity index is 233. The normalized spacial score (nSPS) is 25.9. The molecule has 1 heterocycles. The van der Waals surface area contributed by atoms with Crippen molar-refractivity contribution in [1.29, 1.82) is 0 Å². The summed E-state index contributed by atoms with van der Waals surface area (Å²) in [7, 11) is 0. The first-order chi connectivity index (χ1) is 6.57. The van der Waals surface area contributed by atoms with Crippen LogP contribution in [0.4, 0.5) is 0 Å². The molecule has 0 aliphatic carbocycles. The number of esters is 1. The number of rotatable bonds is 2. The van der Waals surface area contributed by atoms with E-state index in [1.165, 1.54) is 0 Å². The molecule has 80 valence electrons. The molecular formula is C9H15NO4. The lowest BCUT2D eigenvalue weighted by molar-refractivity contribution is -0.155. The molecule has 0 aromatic rings. The average molecular weight is 201 g/mol. The Balaban J connectivity index is 2.43. The number of carbonyl (C=O) groups excluding carboxylic acids is 2. The van der Waals surface area contributed by atoms with Crippen molar-refractivity contribution >= 4 is 11.9 Å². The van der Waals surface area contributed by atoms with E-state index in [2.05, 4.69) is 10.1 Å². The number of hydrogen-bond donors (Lipinski definition) is 1. The van der Waals surface area contributed by atoms with Crippen LogP contribution in [0.2, 0.25) is 0 Å². The number of amides is 1. The van der Waals surface area contributed by atoms with E-state index < -0.39 is 17.4 Å². The number of carbonyl (C=O) groups is 2. The monoisotopic (exact) mass is 201 g/mol. The lowest BCUT2D eigenvalue weighted by Gasteiger charge is -2.22. The van der Waals surface area contributed by atoms with Gasteiger partial charge >= 0.3 is 11.9 Å². The summed E-state index contributed by atoms with van der Waals surface area (Å²) in [5.74, 6) is -1.53. The molecule has 0 bridgehead atoms. The molecule has 0 radical (unpaired) electrons. The van der Waals surface area contributed by atoms with Crippen molar-refractivity contribution < 1.29 is 19.1 Å². The minimum absolute atomic E-state index is 0.208. The molecule has 0 spiro atoms. The second kappa shape index (κ2) is 4.41. The van der Waals surface area contributed by atoms with Crippen LogP contribution in [0.5, 0.6) is 0 Å². The molecule has 1 atom stereocenters. The van der Waals surface area contributed by atoms with Gasteiger partial charge in [-0.3, -0.25) is 4.79 Å². The van der Waals surface area contributed by atoms with Crippen LogP contribution in [0.15, 0.2) is 0 Å². The van der Waals surface area contributed by atoms with Crippen LogP contribution < -0.4 is 5.32 Å². The molecule has 1 saturated heterocycles. The third-order valence-electron chi connectivity index (χ3n) is 2.09. The van der Waals surface area contributed by atoms with E-state index in [1.807, 2.05) is 6.92 Å². The lowest BCUT2D eigenvalue weighted by Crippen LogP contribution is -2.49. The second-order valence-electron chi connectivity index (χ2n) is 3.54. The third kappa shape index (κ3) is 2.70. The van der Waals surface area contributed by atoms with E-state index >= 15 is 0 Å². The van der Waals surface area contributed by atoms with Crippen molar-refractivity contribution in [1.82, 2.24) is 5.32 Å². The Hall–Kier alpha value is -1.10. The van der Waals surface area contributed by atoms with Gasteiger partial charge in [-0.2, -0.15) is 0 Å². The van der Waals surface area contributed by atoms with Crippen LogP contribution in [0.3, 0.4) is 0 Å². The van der Waals surface area contributed by atoms with Crippen molar-refractivity contribution in [3.05, 3.63) is 0 Å². The van der Waals surface area contributed by atoms with E-state index in [0.29, 0.717) is 13.2 Å². The molecule has 0 aromatic carbocycles. The van der Waals surface area contributed by atoms with Crippen LogP contribution in [-0.4, -0.2) is 37.2 Å². The zero-order chi connectivity index (χ0) is 10.6. The number of hydrogen-bond acceptors (Lipinski definition) is 4. The Labute approximate surface area is 82.8 Å². The minimum Gasteiger partial charge on any atom is -0.459 e. The Morgan fingerprint density at radius 3 is 2.79 bits per heavy atom. The van der Waals surface area contributed by atoms with Crippen molar-refractivity contribution in [2.45, 2.75) is 25.8 Å². The van der Waals surface area contributed by atoms with E-state index in [0.717, 1.165) is 6.42 Å². The van der Waals surface area contributed by atoms with Gasteiger partial charge in [0.25, 0.3) is 0 Å². The van der Waals surface area contributed by atoms with Crippen LogP contribution in [0.1, 0.15) is 20.3 Å². The third-order valence-corrected chi connectivity index (χ3v) is 2.09. The molecule has 1 rings (SSSR count). The largest absolute Gasteiger partial charge is 0.459 e. The quantitative estimate of drug-likeness (QED) is 0.498. The molecule has 5 heteroatoms. The lowest BCUT2D eigenvalue weighted by atomic mass is 10.0. The average Bonchev–Trinajstić information content (AvgIpc) is 2.52. The van der Waals surface area contributed by atoms with Crippen molar-refractivity contribution in [2.75, 3.05) is 19.8 Å². The molecule has 1 fully saturated rings. The highest BCUT2D eigenvalue weighted by Gasteiger charge is 2.33. The van der Waals surface area contributed by atoms with Crippen LogP contribution in [-0.2, 0) is 19.1 Å². The molecule has 1 unspecified atom stereocenters. The van der Waals surface area contributed by atoms with Gasteiger partial charge < -0.3 is 14.8 Å². The van der Waals surface area contributed by atoms with Gasteiger partial charge in [-0.05, 0) is 20.3 Å². The van der Waals surface area contributed by atoms with Gasteiger partial charge in [0.05, 0.1) is 18.8 Å². The Morgan fingerprint density at radius 2 is 2.29 bits per heavy atom. The highest BCUT2D eigenvalue weighted by molar-refractivity contribution is 6.32. The van der Waals surface area contributed by atoms with Gasteiger partial charge in [0.15, 0.2) is 0 Å². The first-order valence-corrected chi connectivity index (χ1v) is 4.64. The van der Waals surface area contributed by atoms with E-state index in [9.17, 15) is 9.59 Å². The van der Waals surface area contributed by atoms with E-state index in [4.69, 9.17) is 4.74 Å². The standard InChI is InChI=1S/C9H15NO4/c1-3-14-8(12)7(11)10-9(2)4-5-13-6-9/h3-6H2,1-2H3,(H,10,11). The summed E-state index contributed by atoms with van der Waals surface area (Å²) in [6, 6.07) is 0. The predicted molar refractivity (Wildman–Crippen MR) is 48.6 cm³/mol. The molecular weight excluding hydrogens is 186 g/mol. The predicted octanol–water partition coefficient (Wildman–Crippen LogP) is -0.155. The van der Waals surface area contributed by atoms with Gasteiger partial charge in [0.1, 0.15) is 0 Å². The summed E-state index contributed by atoms with van der Waals surface area (Å²) >= 11 is 0. The fraction of sp³-hybridized carbons (Fsp3) is 0.778. The maximum absolute atomic E-state index is 11.3. The van der Waals surface area contributed by atoms with Gasteiger partial charge in [0.2, 0.25) is 0 Å². The first-order valence-electron chi connectivity index (χ1n) is 4.64. The SMILES string of the molecule is CCOC(=O)C(=O)NC1(C)CCOC1. The van der Waals surface area contributed by atoms with Crippen LogP contribution in [0, 0.1) is 0 Å². The molecule has 1 aliphatic rings.